The Morgan fingerprint density at radius 3 is 2.25 bits per heavy atom. The fourth-order valence-electron chi connectivity index (χ4n) is 4.15. The van der Waals surface area contributed by atoms with Crippen LogP contribution in [0.3, 0.4) is 0 Å². The van der Waals surface area contributed by atoms with Gasteiger partial charge in [0.25, 0.3) is 5.91 Å². The average molecular weight is 544 g/mol. The summed E-state index contributed by atoms with van der Waals surface area (Å²) in [6.45, 7) is 4.53. The number of alkyl carbamates (subject to hydrolysis) is 1. The van der Waals surface area contributed by atoms with Crippen molar-refractivity contribution in [3.8, 4) is 6.07 Å². The Morgan fingerprint density at radius 2 is 1.62 bits per heavy atom. The van der Waals surface area contributed by atoms with Gasteiger partial charge in [-0.3, -0.25) is 14.4 Å². The number of benzene rings is 3. The summed E-state index contributed by atoms with van der Waals surface area (Å²) in [7, 11) is 0. The summed E-state index contributed by atoms with van der Waals surface area (Å²) in [5.74, 6) is -1.98. The Morgan fingerprint density at radius 1 is 0.975 bits per heavy atom. The van der Waals surface area contributed by atoms with Crippen molar-refractivity contribution in [2.45, 2.75) is 51.3 Å². The summed E-state index contributed by atoms with van der Waals surface area (Å²) >= 11 is 0. The Hall–Kier alpha value is -4.91. The first-order valence-electron chi connectivity index (χ1n) is 12.8. The van der Waals surface area contributed by atoms with Crippen LogP contribution in [0.15, 0.2) is 72.8 Å². The molecule has 2 atom stereocenters. The third-order valence-corrected chi connectivity index (χ3v) is 5.88. The maximum absolute atomic E-state index is 13.9. The zero-order valence-corrected chi connectivity index (χ0v) is 22.7. The number of hydrogen-bond acceptors (Lipinski definition) is 6. The molecule has 0 spiro atoms. The maximum atomic E-state index is 13.9. The van der Waals surface area contributed by atoms with Crippen molar-refractivity contribution in [3.05, 3.63) is 78.4 Å². The van der Waals surface area contributed by atoms with Crippen LogP contribution in [0.25, 0.3) is 10.8 Å². The molecule has 0 aliphatic rings. The van der Waals surface area contributed by atoms with Crippen molar-refractivity contribution in [2.24, 2.45) is 5.73 Å². The van der Waals surface area contributed by atoms with E-state index in [4.69, 9.17) is 10.5 Å². The third kappa shape index (κ3) is 8.30. The first-order valence-corrected chi connectivity index (χ1v) is 12.8. The van der Waals surface area contributed by atoms with Gasteiger partial charge in [-0.25, -0.2) is 4.79 Å². The number of ether oxygens (including phenoxy) is 1. The number of nitrogens with one attached hydrogen (secondary N) is 2. The first kappa shape index (κ1) is 29.6. The standard InChI is InChI=1S/C30H33N5O5/c1-30(2,3)40-29(39)34-24(15-16-25(32)36)28(38)35(18-17-31)26(21-10-5-4-6-11-21)27(37)33-23-14-13-20-9-7-8-12-22(20)19-23/h4-14,19,24,26H,15-16,18H2,1-3H3,(H2,32,36)(H,33,37)(H,34,39). The molecule has 3 aromatic carbocycles. The summed E-state index contributed by atoms with van der Waals surface area (Å²) in [4.78, 5) is 52.8. The molecule has 0 fully saturated rings. The number of primary amides is 1. The second-order valence-corrected chi connectivity index (χ2v) is 10.2. The molecule has 0 heterocycles. The predicted molar refractivity (Wildman–Crippen MR) is 151 cm³/mol. The molecule has 3 aromatic rings. The van der Waals surface area contributed by atoms with Gasteiger partial charge in [0.2, 0.25) is 11.8 Å². The van der Waals surface area contributed by atoms with Crippen molar-refractivity contribution < 1.29 is 23.9 Å². The minimum atomic E-state index is -1.28. The molecule has 4 amide bonds. The Kier molecular flexibility index (Phi) is 9.81. The van der Waals surface area contributed by atoms with E-state index in [1.165, 1.54) is 0 Å². The lowest BCUT2D eigenvalue weighted by molar-refractivity contribution is -0.140. The van der Waals surface area contributed by atoms with E-state index in [0.29, 0.717) is 11.3 Å². The van der Waals surface area contributed by atoms with E-state index in [9.17, 15) is 24.4 Å². The summed E-state index contributed by atoms with van der Waals surface area (Å²) in [5, 5.41) is 16.9. The summed E-state index contributed by atoms with van der Waals surface area (Å²) in [6.07, 6.45) is -1.25. The number of nitrogens with two attached hydrogens (primary N) is 1. The number of carbonyl (C=O) groups excluding carboxylic acids is 4. The van der Waals surface area contributed by atoms with Crippen LogP contribution in [0.4, 0.5) is 10.5 Å². The van der Waals surface area contributed by atoms with Crippen molar-refractivity contribution in [1.29, 1.82) is 5.26 Å². The van der Waals surface area contributed by atoms with Gasteiger partial charge in [0, 0.05) is 12.1 Å². The Bertz CT molecular complexity index is 1410. The SMILES string of the molecule is CC(C)(C)OC(=O)NC(CCC(N)=O)C(=O)N(CC#N)C(C(=O)Nc1ccc2ccccc2c1)c1ccccc1. The summed E-state index contributed by atoms with van der Waals surface area (Å²) in [5.41, 5.74) is 5.42. The lowest BCUT2D eigenvalue weighted by Crippen LogP contribution is -2.52. The van der Waals surface area contributed by atoms with Crippen LogP contribution >= 0.6 is 0 Å². The summed E-state index contributed by atoms with van der Waals surface area (Å²) in [6, 6.07) is 21.0. The highest BCUT2D eigenvalue weighted by Gasteiger charge is 2.36. The second kappa shape index (κ2) is 13.2. The number of anilines is 1. The van der Waals surface area contributed by atoms with Crippen LogP contribution in [0.5, 0.6) is 0 Å². The van der Waals surface area contributed by atoms with Crippen LogP contribution in [0.1, 0.15) is 45.2 Å². The topological polar surface area (TPSA) is 155 Å². The van der Waals surface area contributed by atoms with Crippen molar-refractivity contribution in [3.63, 3.8) is 0 Å². The van der Waals surface area contributed by atoms with Crippen LogP contribution in [-0.4, -0.2) is 46.9 Å². The number of amides is 4. The molecule has 0 aliphatic heterocycles. The molecule has 0 saturated heterocycles. The Labute approximate surface area is 233 Å². The molecule has 0 saturated carbocycles. The monoisotopic (exact) mass is 543 g/mol. The van der Waals surface area contributed by atoms with Gasteiger partial charge < -0.3 is 26.0 Å². The minimum absolute atomic E-state index is 0.150. The lowest BCUT2D eigenvalue weighted by atomic mass is 10.0. The minimum Gasteiger partial charge on any atom is -0.444 e. The molecule has 2 unspecified atom stereocenters. The van der Waals surface area contributed by atoms with Gasteiger partial charge >= 0.3 is 6.09 Å². The van der Waals surface area contributed by atoms with E-state index in [-0.39, 0.29) is 12.8 Å². The number of hydrogen-bond donors (Lipinski definition) is 3. The van der Waals surface area contributed by atoms with Gasteiger partial charge in [-0.15, -0.1) is 0 Å². The molecule has 0 aromatic heterocycles. The average Bonchev–Trinajstić information content (AvgIpc) is 2.89. The molecule has 4 N–H and O–H groups in total. The fourth-order valence-corrected chi connectivity index (χ4v) is 4.15. The van der Waals surface area contributed by atoms with E-state index in [1.807, 2.05) is 42.5 Å². The largest absolute Gasteiger partial charge is 0.444 e. The van der Waals surface area contributed by atoms with Crippen LogP contribution in [-0.2, 0) is 19.1 Å². The zero-order valence-electron chi connectivity index (χ0n) is 22.7. The Balaban J connectivity index is 1.97. The van der Waals surface area contributed by atoms with Crippen LogP contribution < -0.4 is 16.4 Å². The fraction of sp³-hybridized carbons (Fsp3) is 0.300. The number of carbonyl (C=O) groups is 4. The van der Waals surface area contributed by atoms with Gasteiger partial charge in [-0.2, -0.15) is 5.26 Å². The molecule has 3 rings (SSSR count). The second-order valence-electron chi connectivity index (χ2n) is 10.2. The van der Waals surface area contributed by atoms with E-state index in [0.717, 1.165) is 15.7 Å². The molecule has 40 heavy (non-hydrogen) atoms. The molecule has 0 bridgehead atoms. The van der Waals surface area contributed by atoms with Crippen molar-refractivity contribution in [1.82, 2.24) is 10.2 Å². The predicted octanol–water partition coefficient (Wildman–Crippen LogP) is 4.03. The smallest absolute Gasteiger partial charge is 0.408 e. The number of rotatable bonds is 10. The molecule has 10 heteroatoms. The zero-order chi connectivity index (χ0) is 29.3. The molecular formula is C30H33N5O5. The van der Waals surface area contributed by atoms with E-state index < -0.39 is 48.0 Å². The number of nitriles is 1. The number of nitrogens with zero attached hydrogens (tertiary/aromatic N) is 2. The summed E-state index contributed by atoms with van der Waals surface area (Å²) < 4.78 is 5.29. The van der Waals surface area contributed by atoms with Gasteiger partial charge in [0.1, 0.15) is 24.2 Å². The molecule has 0 aliphatic carbocycles. The highest BCUT2D eigenvalue weighted by atomic mass is 16.6. The van der Waals surface area contributed by atoms with Crippen molar-refractivity contribution in [2.75, 3.05) is 11.9 Å². The van der Waals surface area contributed by atoms with Gasteiger partial charge in [-0.1, -0.05) is 60.7 Å². The van der Waals surface area contributed by atoms with Crippen molar-refractivity contribution >= 4 is 40.3 Å². The highest BCUT2D eigenvalue weighted by molar-refractivity contribution is 6.00. The number of fused-ring (bicyclic) bond motifs is 1. The molecule has 0 radical (unpaired) electrons. The van der Waals surface area contributed by atoms with E-state index >= 15 is 0 Å². The molecule has 10 nitrogen and oxygen atoms in total. The van der Waals surface area contributed by atoms with E-state index in [2.05, 4.69) is 10.6 Å². The molecule has 208 valence electrons. The van der Waals surface area contributed by atoms with Gasteiger partial charge in [-0.05, 0) is 55.7 Å². The maximum Gasteiger partial charge on any atom is 0.408 e. The first-order chi connectivity index (χ1) is 19.0. The van der Waals surface area contributed by atoms with Gasteiger partial charge in [0.05, 0.1) is 6.07 Å². The van der Waals surface area contributed by atoms with Crippen LogP contribution in [0, 0.1) is 11.3 Å². The highest BCUT2D eigenvalue weighted by Crippen LogP contribution is 2.26. The quantitative estimate of drug-likeness (QED) is 0.328. The lowest BCUT2D eigenvalue weighted by Gasteiger charge is -2.33. The van der Waals surface area contributed by atoms with Gasteiger partial charge in [0.15, 0.2) is 0 Å². The third-order valence-electron chi connectivity index (χ3n) is 5.88. The van der Waals surface area contributed by atoms with Crippen LogP contribution in [0.2, 0.25) is 0 Å². The normalized spacial score (nSPS) is 12.4. The van der Waals surface area contributed by atoms with E-state index in [1.54, 1.807) is 57.2 Å². The molecular weight excluding hydrogens is 510 g/mol.